The van der Waals surface area contributed by atoms with Crippen LogP contribution in [0, 0.1) is 11.3 Å². The van der Waals surface area contributed by atoms with Gasteiger partial charge in [0.25, 0.3) is 5.91 Å². The van der Waals surface area contributed by atoms with E-state index >= 15 is 0 Å². The number of nitrogens with zero attached hydrogens (tertiary/aromatic N) is 1. The van der Waals surface area contributed by atoms with Crippen molar-refractivity contribution in [3.05, 3.63) is 48.2 Å². The molecule has 0 aliphatic carbocycles. The molecule has 0 radical (unpaired) electrons. The van der Waals surface area contributed by atoms with E-state index in [4.69, 9.17) is 10.4 Å². The van der Waals surface area contributed by atoms with Crippen molar-refractivity contribution in [2.75, 3.05) is 11.9 Å². The first-order valence-electron chi connectivity index (χ1n) is 7.06. The first kappa shape index (κ1) is 16.3. The Morgan fingerprint density at radius 1 is 1.30 bits per heavy atom. The molecule has 6 nitrogen and oxygen atoms in total. The van der Waals surface area contributed by atoms with Crippen LogP contribution in [0.15, 0.2) is 48.2 Å². The van der Waals surface area contributed by atoms with Crippen LogP contribution in [0.25, 0.3) is 10.8 Å². The van der Waals surface area contributed by atoms with E-state index in [9.17, 15) is 9.90 Å². The van der Waals surface area contributed by atoms with E-state index in [1.165, 1.54) is 6.20 Å². The maximum atomic E-state index is 12.2. The van der Waals surface area contributed by atoms with Crippen LogP contribution < -0.4 is 10.6 Å². The minimum Gasteiger partial charge on any atom is -0.507 e. The molecule has 1 amide bonds. The lowest BCUT2D eigenvalue weighted by atomic mass is 10.1. The number of nitriles is 1. The molecule has 0 aromatic heterocycles. The molecule has 2 aromatic carbocycles. The van der Waals surface area contributed by atoms with Gasteiger partial charge in [0.05, 0.1) is 6.10 Å². The van der Waals surface area contributed by atoms with Crippen LogP contribution >= 0.6 is 0 Å². The summed E-state index contributed by atoms with van der Waals surface area (Å²) >= 11 is 0. The molecule has 0 fully saturated rings. The van der Waals surface area contributed by atoms with Crippen molar-refractivity contribution >= 4 is 22.4 Å². The molecule has 6 heteroatoms. The number of rotatable bonds is 5. The van der Waals surface area contributed by atoms with Gasteiger partial charge >= 0.3 is 0 Å². The lowest BCUT2D eigenvalue weighted by molar-refractivity contribution is -0.112. The van der Waals surface area contributed by atoms with Gasteiger partial charge in [-0.25, -0.2) is 0 Å². The monoisotopic (exact) mass is 311 g/mol. The maximum absolute atomic E-state index is 12.2. The van der Waals surface area contributed by atoms with Crippen LogP contribution in [0.3, 0.4) is 0 Å². The van der Waals surface area contributed by atoms with Gasteiger partial charge in [0.1, 0.15) is 17.4 Å². The molecule has 2 rings (SSSR count). The van der Waals surface area contributed by atoms with E-state index in [1.807, 2.05) is 6.07 Å². The molecule has 0 spiro atoms. The lowest BCUT2D eigenvalue weighted by Crippen LogP contribution is -2.22. The van der Waals surface area contributed by atoms with Gasteiger partial charge in [-0.1, -0.05) is 24.3 Å². The number of hydrogen-bond acceptors (Lipinski definition) is 5. The minimum atomic E-state index is -0.588. The van der Waals surface area contributed by atoms with Crippen LogP contribution in [-0.2, 0) is 4.79 Å². The molecule has 4 N–H and O–H groups in total. The van der Waals surface area contributed by atoms with Gasteiger partial charge in [-0.15, -0.1) is 0 Å². The first-order chi connectivity index (χ1) is 11.0. The van der Waals surface area contributed by atoms with Crippen molar-refractivity contribution in [3.8, 4) is 11.8 Å². The van der Waals surface area contributed by atoms with Crippen LogP contribution in [0.5, 0.6) is 5.75 Å². The SMILES string of the molecule is CC(O)CN/C=C(/C#N)C(=O)Nc1cccc2c(O)cccc12. The standard InChI is InChI=1S/C17H17N3O3/c1-11(21)9-19-10-12(8-18)17(23)20-15-6-2-5-14-13(15)4-3-7-16(14)22/h2-7,10-11,19,21-22H,9H2,1H3,(H,20,23)/b12-10-. The van der Waals surface area contributed by atoms with Crippen LogP contribution in [0.1, 0.15) is 6.92 Å². The number of nitrogens with one attached hydrogen (secondary N) is 2. The van der Waals surface area contributed by atoms with Crippen molar-refractivity contribution in [1.29, 1.82) is 5.26 Å². The van der Waals surface area contributed by atoms with Crippen LogP contribution in [0.4, 0.5) is 5.69 Å². The molecule has 118 valence electrons. The summed E-state index contributed by atoms with van der Waals surface area (Å²) in [7, 11) is 0. The average molecular weight is 311 g/mol. The number of anilines is 1. The predicted octanol–water partition coefficient (Wildman–Crippen LogP) is 1.86. The molecule has 2 aromatic rings. The first-order valence-corrected chi connectivity index (χ1v) is 7.06. The van der Waals surface area contributed by atoms with E-state index in [0.717, 1.165) is 0 Å². The van der Waals surface area contributed by atoms with Crippen molar-refractivity contribution in [3.63, 3.8) is 0 Å². The Morgan fingerprint density at radius 2 is 2.00 bits per heavy atom. The summed E-state index contributed by atoms with van der Waals surface area (Å²) in [6.07, 6.45) is 0.681. The third-order valence-electron chi connectivity index (χ3n) is 3.17. The molecule has 1 unspecified atom stereocenters. The van der Waals surface area contributed by atoms with Crippen molar-refractivity contribution in [1.82, 2.24) is 5.32 Å². The number of fused-ring (bicyclic) bond motifs is 1. The molecule has 0 bridgehead atoms. The van der Waals surface area contributed by atoms with E-state index in [1.54, 1.807) is 43.3 Å². The fourth-order valence-electron chi connectivity index (χ4n) is 2.07. The largest absolute Gasteiger partial charge is 0.507 e. The van der Waals surface area contributed by atoms with Gasteiger partial charge in [0.2, 0.25) is 0 Å². The highest BCUT2D eigenvalue weighted by molar-refractivity contribution is 6.11. The summed E-state index contributed by atoms with van der Waals surface area (Å²) in [5.41, 5.74) is 0.392. The topological polar surface area (TPSA) is 105 Å². The van der Waals surface area contributed by atoms with Gasteiger partial charge in [-0.3, -0.25) is 4.79 Å². The number of amides is 1. The van der Waals surface area contributed by atoms with Gasteiger partial charge in [-0.2, -0.15) is 5.26 Å². The Bertz CT molecular complexity index is 791. The summed E-state index contributed by atoms with van der Waals surface area (Å²) < 4.78 is 0. The summed E-state index contributed by atoms with van der Waals surface area (Å²) in [4.78, 5) is 12.2. The van der Waals surface area contributed by atoms with Crippen molar-refractivity contribution < 1.29 is 15.0 Å². The quantitative estimate of drug-likeness (QED) is 0.498. The van der Waals surface area contributed by atoms with E-state index in [2.05, 4.69) is 10.6 Å². The Morgan fingerprint density at radius 3 is 2.70 bits per heavy atom. The average Bonchev–Trinajstić information content (AvgIpc) is 2.52. The van der Waals surface area contributed by atoms with E-state index in [0.29, 0.717) is 16.5 Å². The Kier molecular flexibility index (Phi) is 5.18. The lowest BCUT2D eigenvalue weighted by Gasteiger charge is -2.09. The highest BCUT2D eigenvalue weighted by Gasteiger charge is 2.12. The summed E-state index contributed by atoms with van der Waals surface area (Å²) in [5.74, 6) is -0.449. The maximum Gasteiger partial charge on any atom is 0.267 e. The third kappa shape index (κ3) is 3.99. The molecule has 0 heterocycles. The predicted molar refractivity (Wildman–Crippen MR) is 87.6 cm³/mol. The molecular weight excluding hydrogens is 294 g/mol. The molecular formula is C17H17N3O3. The minimum absolute atomic E-state index is 0.109. The zero-order valence-electron chi connectivity index (χ0n) is 12.6. The fourth-order valence-corrected chi connectivity index (χ4v) is 2.07. The Balaban J connectivity index is 2.23. The molecule has 1 atom stereocenters. The summed E-state index contributed by atoms with van der Waals surface area (Å²) in [6, 6.07) is 12.0. The second kappa shape index (κ2) is 7.29. The third-order valence-corrected chi connectivity index (χ3v) is 3.17. The zero-order chi connectivity index (χ0) is 16.8. The number of aromatic hydroxyl groups is 1. The summed E-state index contributed by atoms with van der Waals surface area (Å²) in [5, 5.41) is 34.7. The van der Waals surface area contributed by atoms with Gasteiger partial charge in [-0.05, 0) is 19.1 Å². The van der Waals surface area contributed by atoms with Gasteiger partial charge in [0, 0.05) is 29.2 Å². The highest BCUT2D eigenvalue weighted by Crippen LogP contribution is 2.29. The number of aliphatic hydroxyl groups excluding tert-OH is 1. The Hall–Kier alpha value is -3.04. The van der Waals surface area contributed by atoms with E-state index in [-0.39, 0.29) is 17.9 Å². The van der Waals surface area contributed by atoms with Crippen LogP contribution in [0.2, 0.25) is 0 Å². The van der Waals surface area contributed by atoms with Crippen molar-refractivity contribution in [2.45, 2.75) is 13.0 Å². The second-order valence-electron chi connectivity index (χ2n) is 5.06. The molecule has 0 saturated heterocycles. The molecule has 0 aliphatic heterocycles. The number of phenolic OH excluding ortho intramolecular Hbond substituents is 1. The van der Waals surface area contributed by atoms with Crippen molar-refractivity contribution in [2.24, 2.45) is 0 Å². The normalized spacial score (nSPS) is 12.5. The fraction of sp³-hybridized carbons (Fsp3) is 0.176. The zero-order valence-corrected chi connectivity index (χ0v) is 12.6. The number of carbonyl (C=O) groups excluding carboxylic acids is 1. The molecule has 0 aliphatic rings. The Labute approximate surface area is 133 Å². The smallest absolute Gasteiger partial charge is 0.267 e. The van der Waals surface area contributed by atoms with Gasteiger partial charge in [0.15, 0.2) is 0 Å². The molecule has 0 saturated carbocycles. The summed E-state index contributed by atoms with van der Waals surface area (Å²) in [6.45, 7) is 1.83. The van der Waals surface area contributed by atoms with E-state index < -0.39 is 12.0 Å². The number of aliphatic hydroxyl groups is 1. The second-order valence-corrected chi connectivity index (χ2v) is 5.06. The van der Waals surface area contributed by atoms with Gasteiger partial charge < -0.3 is 20.8 Å². The molecule has 23 heavy (non-hydrogen) atoms. The highest BCUT2D eigenvalue weighted by atomic mass is 16.3. The number of carbonyl (C=O) groups is 1. The van der Waals surface area contributed by atoms with Crippen LogP contribution in [-0.4, -0.2) is 28.8 Å². The number of hydrogen-bond donors (Lipinski definition) is 4. The number of phenols is 1. The number of benzene rings is 2.